The fraction of sp³-hybridized carbons (Fsp3) is 0. The van der Waals surface area contributed by atoms with Crippen LogP contribution < -0.4 is 0 Å². The van der Waals surface area contributed by atoms with Crippen LogP contribution in [0.3, 0.4) is 0 Å². The number of nitrogens with zero attached hydrogens (tertiary/aromatic N) is 1. The molecule has 1 aliphatic heterocycles. The third-order valence-electron chi connectivity index (χ3n) is 12.5. The first-order valence-electron chi connectivity index (χ1n) is 21.1. The number of hydrogen-bond donors (Lipinski definition) is 0. The molecule has 12 rings (SSSR count). The van der Waals surface area contributed by atoms with Crippen LogP contribution >= 0.6 is 0 Å². The van der Waals surface area contributed by atoms with Crippen molar-refractivity contribution >= 4 is 21.8 Å². The van der Waals surface area contributed by atoms with Crippen LogP contribution in [0, 0.1) is 0 Å². The minimum Gasteiger partial charge on any atom is -0.308 e. The van der Waals surface area contributed by atoms with Crippen LogP contribution in [0.25, 0.3) is 117 Å². The van der Waals surface area contributed by atoms with Crippen molar-refractivity contribution in [1.29, 1.82) is 0 Å². The van der Waals surface area contributed by atoms with Crippen LogP contribution in [0.5, 0.6) is 0 Å². The Labute approximate surface area is 356 Å². The van der Waals surface area contributed by atoms with Crippen molar-refractivity contribution in [1.82, 2.24) is 4.57 Å². The Morgan fingerprint density at radius 2 is 0.590 bits per heavy atom. The lowest BCUT2D eigenvalue weighted by Gasteiger charge is -2.16. The molecule has 11 aromatic rings. The van der Waals surface area contributed by atoms with Crippen molar-refractivity contribution in [3.05, 3.63) is 237 Å². The van der Waals surface area contributed by atoms with Crippen molar-refractivity contribution in [3.8, 4) is 94.7 Å². The summed E-state index contributed by atoms with van der Waals surface area (Å²) in [7, 11) is 0. The van der Waals surface area contributed by atoms with E-state index < -0.39 is 0 Å². The van der Waals surface area contributed by atoms with E-state index in [-0.39, 0.29) is 0 Å². The minimum absolute atomic E-state index is 1.19. The molecular formula is C60H39N. The summed E-state index contributed by atoms with van der Waals surface area (Å²) in [6, 6.07) is 87.0. The monoisotopic (exact) mass is 773 g/mol. The molecule has 10 aromatic carbocycles. The zero-order valence-electron chi connectivity index (χ0n) is 33.5. The zero-order valence-corrected chi connectivity index (χ0v) is 33.5. The summed E-state index contributed by atoms with van der Waals surface area (Å²) in [6.07, 6.45) is 0. The SMILES string of the molecule is c1ccc(-c2cc(-c3ccccc3)cc(-c3ccc4c(c3)-c3ccccc3-c3cc(-c5cc(-c6ccccc6)cc(-c6ccccc6)c5)cc5c6ccccc6n-4c35)c2)cc1. The molecule has 0 radical (unpaired) electrons. The first-order chi connectivity index (χ1) is 30.2. The summed E-state index contributed by atoms with van der Waals surface area (Å²) in [5, 5.41) is 2.50. The molecule has 1 aliphatic rings. The Balaban J connectivity index is 1.10. The van der Waals surface area contributed by atoms with Crippen LogP contribution in [-0.2, 0) is 0 Å². The Morgan fingerprint density at radius 3 is 1.10 bits per heavy atom. The van der Waals surface area contributed by atoms with Crippen molar-refractivity contribution in [2.45, 2.75) is 0 Å². The fourth-order valence-electron chi connectivity index (χ4n) is 9.58. The lowest BCUT2D eigenvalue weighted by molar-refractivity contribution is 1.19. The topological polar surface area (TPSA) is 4.93 Å². The second kappa shape index (κ2) is 14.4. The van der Waals surface area contributed by atoms with E-state index in [2.05, 4.69) is 241 Å². The van der Waals surface area contributed by atoms with Crippen LogP contribution in [0.4, 0.5) is 0 Å². The van der Waals surface area contributed by atoms with Gasteiger partial charge in [0.1, 0.15) is 0 Å². The van der Waals surface area contributed by atoms with Crippen LogP contribution in [-0.4, -0.2) is 4.57 Å². The molecule has 0 aliphatic carbocycles. The van der Waals surface area contributed by atoms with E-state index in [4.69, 9.17) is 0 Å². The summed E-state index contributed by atoms with van der Waals surface area (Å²) in [5.41, 5.74) is 23.0. The molecular weight excluding hydrogens is 735 g/mol. The van der Waals surface area contributed by atoms with Gasteiger partial charge in [-0.2, -0.15) is 0 Å². The third-order valence-corrected chi connectivity index (χ3v) is 12.5. The molecule has 0 fully saturated rings. The van der Waals surface area contributed by atoms with Gasteiger partial charge in [-0.1, -0.05) is 170 Å². The lowest BCUT2D eigenvalue weighted by atomic mass is 9.88. The van der Waals surface area contributed by atoms with Gasteiger partial charge in [-0.3, -0.25) is 0 Å². The van der Waals surface area contributed by atoms with Gasteiger partial charge in [0.05, 0.1) is 16.7 Å². The Morgan fingerprint density at radius 1 is 0.213 bits per heavy atom. The molecule has 1 nitrogen and oxygen atoms in total. The molecule has 0 spiro atoms. The first kappa shape index (κ1) is 35.0. The van der Waals surface area contributed by atoms with Gasteiger partial charge in [0, 0.05) is 21.9 Å². The van der Waals surface area contributed by atoms with E-state index in [0.717, 1.165) is 0 Å². The second-order valence-corrected chi connectivity index (χ2v) is 16.1. The predicted molar refractivity (Wildman–Crippen MR) is 258 cm³/mol. The summed E-state index contributed by atoms with van der Waals surface area (Å²) in [5.74, 6) is 0. The van der Waals surface area contributed by atoms with Crippen LogP contribution in [0.1, 0.15) is 0 Å². The van der Waals surface area contributed by atoms with E-state index in [0.29, 0.717) is 0 Å². The maximum absolute atomic E-state index is 2.52. The van der Waals surface area contributed by atoms with E-state index in [1.807, 2.05) is 0 Å². The number of para-hydroxylation sites is 1. The maximum Gasteiger partial charge on any atom is 0.0620 e. The highest BCUT2D eigenvalue weighted by molar-refractivity contribution is 6.18. The molecule has 1 aromatic heterocycles. The lowest BCUT2D eigenvalue weighted by Crippen LogP contribution is -1.96. The van der Waals surface area contributed by atoms with Crippen molar-refractivity contribution in [2.75, 3.05) is 0 Å². The maximum atomic E-state index is 2.52. The Kier molecular flexibility index (Phi) is 8.25. The van der Waals surface area contributed by atoms with Crippen molar-refractivity contribution < 1.29 is 0 Å². The van der Waals surface area contributed by atoms with Gasteiger partial charge in [-0.15, -0.1) is 0 Å². The molecule has 284 valence electrons. The van der Waals surface area contributed by atoms with Crippen LogP contribution in [0.2, 0.25) is 0 Å². The number of hydrogen-bond acceptors (Lipinski definition) is 0. The normalized spacial score (nSPS) is 11.6. The van der Waals surface area contributed by atoms with Gasteiger partial charge in [0.2, 0.25) is 0 Å². The molecule has 61 heavy (non-hydrogen) atoms. The van der Waals surface area contributed by atoms with E-state index >= 15 is 0 Å². The van der Waals surface area contributed by atoms with Gasteiger partial charge in [-0.05, 0) is 145 Å². The summed E-state index contributed by atoms with van der Waals surface area (Å²) < 4.78 is 2.52. The van der Waals surface area contributed by atoms with Crippen molar-refractivity contribution in [2.24, 2.45) is 0 Å². The molecule has 0 saturated carbocycles. The highest BCUT2D eigenvalue weighted by Gasteiger charge is 2.26. The summed E-state index contributed by atoms with van der Waals surface area (Å²) >= 11 is 0. The largest absolute Gasteiger partial charge is 0.308 e. The molecule has 0 amide bonds. The molecule has 2 heterocycles. The highest BCUT2D eigenvalue weighted by Crippen LogP contribution is 2.49. The van der Waals surface area contributed by atoms with E-state index in [1.54, 1.807) is 0 Å². The fourth-order valence-corrected chi connectivity index (χ4v) is 9.58. The van der Waals surface area contributed by atoms with Gasteiger partial charge >= 0.3 is 0 Å². The predicted octanol–water partition coefficient (Wildman–Crippen LogP) is 16.4. The molecule has 1 heteroatoms. The first-order valence-corrected chi connectivity index (χ1v) is 21.1. The average molecular weight is 774 g/mol. The standard InChI is InChI=1S/C60H39N/c1-5-17-40(18-6-1)45-31-46(41-19-7-2-8-20-41)34-49(33-45)44-29-30-59-55(37-44)52-25-13-14-26-53(52)56-38-51(39-57-54-27-15-16-28-58(54)61(59)60(56)57)50-35-47(42-21-9-3-10-22-42)32-48(36-50)43-23-11-4-12-24-43/h1-39H. The third kappa shape index (κ3) is 6.02. The van der Waals surface area contributed by atoms with Gasteiger partial charge < -0.3 is 4.57 Å². The zero-order chi connectivity index (χ0) is 40.3. The number of rotatable bonds is 6. The minimum atomic E-state index is 1.19. The van der Waals surface area contributed by atoms with E-state index in [9.17, 15) is 0 Å². The smallest absolute Gasteiger partial charge is 0.0620 e. The second-order valence-electron chi connectivity index (χ2n) is 16.1. The quantitative estimate of drug-likeness (QED) is 0.159. The van der Waals surface area contributed by atoms with Gasteiger partial charge in [-0.25, -0.2) is 0 Å². The Bertz CT molecular complexity index is 3320. The summed E-state index contributed by atoms with van der Waals surface area (Å²) in [6.45, 7) is 0. The molecule has 0 atom stereocenters. The number of benzene rings is 10. The van der Waals surface area contributed by atoms with Gasteiger partial charge in [0.25, 0.3) is 0 Å². The van der Waals surface area contributed by atoms with Crippen LogP contribution in [0.15, 0.2) is 237 Å². The van der Waals surface area contributed by atoms with E-state index in [1.165, 1.54) is 117 Å². The number of aromatic nitrogens is 1. The average Bonchev–Trinajstić information content (AvgIpc) is 3.62. The highest BCUT2D eigenvalue weighted by atomic mass is 15.0. The molecule has 0 bridgehead atoms. The van der Waals surface area contributed by atoms with Gasteiger partial charge in [0.15, 0.2) is 0 Å². The summed E-state index contributed by atoms with van der Waals surface area (Å²) in [4.78, 5) is 0. The molecule has 0 unspecified atom stereocenters. The molecule has 0 saturated heterocycles. The van der Waals surface area contributed by atoms with Crippen molar-refractivity contribution in [3.63, 3.8) is 0 Å². The molecule has 0 N–H and O–H groups in total. The Hall–Kier alpha value is -8.00. The number of fused-ring (bicyclic) bond motifs is 8.